The van der Waals surface area contributed by atoms with Crippen LogP contribution in [0.4, 0.5) is 22.1 Å². The summed E-state index contributed by atoms with van der Waals surface area (Å²) in [6.45, 7) is 9.58. The Bertz CT molecular complexity index is 1050. The molecular formula is C26H34N6O2. The maximum absolute atomic E-state index is 11.5. The van der Waals surface area contributed by atoms with Crippen molar-refractivity contribution in [3.05, 3.63) is 41.7 Å². The zero-order valence-electron chi connectivity index (χ0n) is 20.3. The van der Waals surface area contributed by atoms with Crippen molar-refractivity contribution in [1.82, 2.24) is 14.9 Å². The molecule has 2 fully saturated rings. The van der Waals surface area contributed by atoms with Crippen molar-refractivity contribution < 1.29 is 9.90 Å². The van der Waals surface area contributed by atoms with Gasteiger partial charge in [0.25, 0.3) is 0 Å². The molecular weight excluding hydrogens is 428 g/mol. The molecule has 2 saturated heterocycles. The first-order valence-corrected chi connectivity index (χ1v) is 12.1. The van der Waals surface area contributed by atoms with E-state index in [4.69, 9.17) is 4.98 Å². The van der Waals surface area contributed by atoms with Crippen LogP contribution in [-0.4, -0.2) is 52.2 Å². The number of carbonyl (C=O) groups is 1. The number of nitrogens with one attached hydrogen (secondary N) is 1. The molecule has 2 N–H and O–H groups in total. The van der Waals surface area contributed by atoms with Gasteiger partial charge >= 0.3 is 6.09 Å². The molecule has 4 rings (SSSR count). The maximum atomic E-state index is 11.5. The summed E-state index contributed by atoms with van der Waals surface area (Å²) < 4.78 is 0. The highest BCUT2D eigenvalue weighted by atomic mass is 16.4. The summed E-state index contributed by atoms with van der Waals surface area (Å²) in [6, 6.07) is 10.4. The summed E-state index contributed by atoms with van der Waals surface area (Å²) in [5.41, 5.74) is 2.32. The zero-order chi connectivity index (χ0) is 24.3. The lowest BCUT2D eigenvalue weighted by Crippen LogP contribution is -2.46. The van der Waals surface area contributed by atoms with Gasteiger partial charge in [-0.1, -0.05) is 32.9 Å². The van der Waals surface area contributed by atoms with Crippen LogP contribution in [0.5, 0.6) is 0 Å². The molecule has 3 heterocycles. The fourth-order valence-corrected chi connectivity index (χ4v) is 5.18. The highest BCUT2D eigenvalue weighted by Gasteiger charge is 2.39. The topological polar surface area (TPSA) is 105 Å². The Labute approximate surface area is 201 Å². The molecule has 1 amide bonds. The van der Waals surface area contributed by atoms with Crippen molar-refractivity contribution in [2.75, 3.05) is 36.4 Å². The van der Waals surface area contributed by atoms with Gasteiger partial charge in [0.1, 0.15) is 11.9 Å². The Balaban J connectivity index is 1.53. The smallest absolute Gasteiger partial charge is 0.407 e. The summed E-state index contributed by atoms with van der Waals surface area (Å²) in [5.74, 6) is 1.80. The Kier molecular flexibility index (Phi) is 6.92. The number of rotatable bonds is 4. The first-order valence-electron chi connectivity index (χ1n) is 12.1. The van der Waals surface area contributed by atoms with Gasteiger partial charge in [0.05, 0.1) is 6.20 Å². The second-order valence-electron chi connectivity index (χ2n) is 10.4. The van der Waals surface area contributed by atoms with Crippen molar-refractivity contribution in [1.29, 1.82) is 5.26 Å². The van der Waals surface area contributed by atoms with E-state index in [0.29, 0.717) is 24.8 Å². The van der Waals surface area contributed by atoms with E-state index in [1.807, 2.05) is 12.1 Å². The number of nitriles is 1. The Morgan fingerprint density at radius 2 is 1.85 bits per heavy atom. The molecule has 180 valence electrons. The summed E-state index contributed by atoms with van der Waals surface area (Å²) in [6.07, 6.45) is 5.19. The summed E-state index contributed by atoms with van der Waals surface area (Å²) in [7, 11) is 0. The van der Waals surface area contributed by atoms with Crippen LogP contribution in [0.3, 0.4) is 0 Å². The number of benzene rings is 1. The van der Waals surface area contributed by atoms with Crippen molar-refractivity contribution in [2.24, 2.45) is 11.3 Å². The molecule has 0 radical (unpaired) electrons. The highest BCUT2D eigenvalue weighted by molar-refractivity contribution is 5.65. The molecule has 2 atom stereocenters. The lowest BCUT2D eigenvalue weighted by Gasteiger charge is -2.44. The Morgan fingerprint density at radius 1 is 1.15 bits per heavy atom. The van der Waals surface area contributed by atoms with Gasteiger partial charge in [-0.15, -0.1) is 0 Å². The number of likely N-dealkylation sites (tertiary alicyclic amines) is 1. The van der Waals surface area contributed by atoms with Crippen molar-refractivity contribution >= 4 is 23.4 Å². The highest BCUT2D eigenvalue weighted by Crippen LogP contribution is 2.43. The van der Waals surface area contributed by atoms with Gasteiger partial charge in [0.15, 0.2) is 11.5 Å². The molecule has 2 unspecified atom stereocenters. The van der Waals surface area contributed by atoms with Gasteiger partial charge in [-0.3, -0.25) is 0 Å². The summed E-state index contributed by atoms with van der Waals surface area (Å²) in [5, 5.41) is 22.3. The predicted octanol–water partition coefficient (Wildman–Crippen LogP) is 5.21. The van der Waals surface area contributed by atoms with Crippen LogP contribution in [0.15, 0.2) is 30.5 Å². The monoisotopic (exact) mass is 462 g/mol. The van der Waals surface area contributed by atoms with Crippen molar-refractivity contribution in [3.63, 3.8) is 0 Å². The van der Waals surface area contributed by atoms with Crippen LogP contribution >= 0.6 is 0 Å². The fourth-order valence-electron chi connectivity index (χ4n) is 5.18. The number of nitrogens with zero attached hydrogens (tertiary/aromatic N) is 5. The lowest BCUT2D eigenvalue weighted by atomic mass is 9.68. The van der Waals surface area contributed by atoms with Crippen LogP contribution in [0.2, 0.25) is 0 Å². The molecule has 0 bridgehead atoms. The number of hydrogen-bond acceptors (Lipinski definition) is 6. The SMILES string of the molecule is CC(C)(C)C1CN(C(=O)O)CCC1c1ccc(Nc2nc(N3CCCCC3)cnc2C#N)cc1. The molecule has 2 aromatic rings. The maximum Gasteiger partial charge on any atom is 0.407 e. The van der Waals surface area contributed by atoms with E-state index in [-0.39, 0.29) is 17.0 Å². The van der Waals surface area contributed by atoms with Gasteiger partial charge < -0.3 is 20.2 Å². The Hall–Kier alpha value is -3.34. The standard InChI is InChI=1S/C26H34N6O2/c1-26(2,3)21-17-32(25(33)34)14-11-20(21)18-7-9-19(10-8-18)29-24-22(15-27)28-16-23(30-24)31-12-5-4-6-13-31/h7-10,16,20-21H,4-6,11-14,17H2,1-3H3,(H,29,30)(H,33,34). The first kappa shape index (κ1) is 23.8. The van der Waals surface area contributed by atoms with E-state index in [0.717, 1.165) is 43.9 Å². The van der Waals surface area contributed by atoms with Crippen LogP contribution in [0.25, 0.3) is 0 Å². The third-order valence-electron chi connectivity index (χ3n) is 7.14. The molecule has 8 nitrogen and oxygen atoms in total. The third-order valence-corrected chi connectivity index (χ3v) is 7.14. The zero-order valence-corrected chi connectivity index (χ0v) is 20.3. The van der Waals surface area contributed by atoms with E-state index >= 15 is 0 Å². The largest absolute Gasteiger partial charge is 0.465 e. The summed E-state index contributed by atoms with van der Waals surface area (Å²) >= 11 is 0. The first-order chi connectivity index (χ1) is 16.3. The number of aromatic nitrogens is 2. The molecule has 0 aliphatic carbocycles. The van der Waals surface area contributed by atoms with E-state index in [2.05, 4.69) is 54.2 Å². The fraction of sp³-hybridized carbons (Fsp3) is 0.538. The normalized spacial score (nSPS) is 21.1. The molecule has 1 aromatic carbocycles. The number of anilines is 3. The molecule has 8 heteroatoms. The van der Waals surface area contributed by atoms with Crippen LogP contribution < -0.4 is 10.2 Å². The van der Waals surface area contributed by atoms with Gasteiger partial charge in [-0.25, -0.2) is 14.8 Å². The third kappa shape index (κ3) is 5.24. The number of carboxylic acid groups (broad SMARTS) is 1. The lowest BCUT2D eigenvalue weighted by molar-refractivity contribution is 0.0718. The Morgan fingerprint density at radius 3 is 2.47 bits per heavy atom. The van der Waals surface area contributed by atoms with Gasteiger partial charge in [0.2, 0.25) is 0 Å². The second kappa shape index (κ2) is 9.88. The molecule has 2 aliphatic heterocycles. The van der Waals surface area contributed by atoms with Gasteiger partial charge in [-0.05, 0) is 60.6 Å². The minimum absolute atomic E-state index is 0.0120. The molecule has 34 heavy (non-hydrogen) atoms. The summed E-state index contributed by atoms with van der Waals surface area (Å²) in [4.78, 5) is 24.4. The van der Waals surface area contributed by atoms with Crippen LogP contribution in [0.1, 0.15) is 63.6 Å². The van der Waals surface area contributed by atoms with Crippen molar-refractivity contribution in [3.8, 4) is 6.07 Å². The molecule has 0 saturated carbocycles. The van der Waals surface area contributed by atoms with Crippen LogP contribution in [-0.2, 0) is 0 Å². The molecule has 0 spiro atoms. The van der Waals surface area contributed by atoms with Crippen LogP contribution in [0, 0.1) is 22.7 Å². The number of hydrogen-bond donors (Lipinski definition) is 2. The van der Waals surface area contributed by atoms with Gasteiger partial charge in [0, 0.05) is 31.9 Å². The average molecular weight is 463 g/mol. The quantitative estimate of drug-likeness (QED) is 0.642. The molecule has 2 aliphatic rings. The number of piperidine rings is 2. The predicted molar refractivity (Wildman–Crippen MR) is 132 cm³/mol. The molecule has 1 aromatic heterocycles. The van der Waals surface area contributed by atoms with E-state index < -0.39 is 6.09 Å². The average Bonchev–Trinajstić information content (AvgIpc) is 2.84. The van der Waals surface area contributed by atoms with Crippen molar-refractivity contribution in [2.45, 2.75) is 52.4 Å². The minimum Gasteiger partial charge on any atom is -0.465 e. The number of amides is 1. The second-order valence-corrected chi connectivity index (χ2v) is 10.4. The van der Waals surface area contributed by atoms with E-state index in [9.17, 15) is 15.2 Å². The van der Waals surface area contributed by atoms with E-state index in [1.165, 1.54) is 12.0 Å². The van der Waals surface area contributed by atoms with E-state index in [1.54, 1.807) is 11.1 Å². The minimum atomic E-state index is -0.839. The van der Waals surface area contributed by atoms with Gasteiger partial charge in [-0.2, -0.15) is 5.26 Å².